The van der Waals surface area contributed by atoms with Gasteiger partial charge in [-0.05, 0) is 31.0 Å². The van der Waals surface area contributed by atoms with Crippen LogP contribution in [0.15, 0.2) is 48.8 Å². The van der Waals surface area contributed by atoms with Crippen molar-refractivity contribution < 1.29 is 9.53 Å². The number of pyridine rings is 1. The van der Waals surface area contributed by atoms with Crippen LogP contribution in [0.5, 0.6) is 0 Å². The molecule has 0 atom stereocenters. The number of benzene rings is 1. The number of hydrogen-bond donors (Lipinski definition) is 0. The molecule has 1 aromatic carbocycles. The van der Waals surface area contributed by atoms with Gasteiger partial charge in [0, 0.05) is 18.0 Å². The van der Waals surface area contributed by atoms with Gasteiger partial charge in [0.2, 0.25) is 0 Å². The lowest BCUT2D eigenvalue weighted by molar-refractivity contribution is 0.0520. The summed E-state index contributed by atoms with van der Waals surface area (Å²) in [7, 11) is 0. The van der Waals surface area contributed by atoms with Crippen LogP contribution in [0.1, 0.15) is 23.0 Å². The first kappa shape index (κ1) is 13.4. The summed E-state index contributed by atoms with van der Waals surface area (Å²) >= 11 is 0. The van der Waals surface area contributed by atoms with E-state index in [9.17, 15) is 4.79 Å². The van der Waals surface area contributed by atoms with Crippen molar-refractivity contribution in [2.24, 2.45) is 0 Å². The summed E-state index contributed by atoms with van der Waals surface area (Å²) in [6.07, 6.45) is 3.67. The molecular weight excluding hydrogens is 264 g/mol. The molecule has 0 aliphatic heterocycles. The van der Waals surface area contributed by atoms with Gasteiger partial charge in [-0.1, -0.05) is 30.3 Å². The number of fused-ring (bicyclic) bond motifs is 1. The van der Waals surface area contributed by atoms with E-state index in [0.29, 0.717) is 12.3 Å². The number of imidazole rings is 1. The summed E-state index contributed by atoms with van der Waals surface area (Å²) in [5.41, 5.74) is 4.28. The van der Waals surface area contributed by atoms with Gasteiger partial charge < -0.3 is 9.14 Å². The number of rotatable bonds is 3. The van der Waals surface area contributed by atoms with E-state index >= 15 is 0 Å². The maximum Gasteiger partial charge on any atom is 0.358 e. The standard InChI is InChI=1S/C17H16N2O2/c1-3-21-17(20)15-11-19-10-12(2)9-14(16(19)18-15)13-7-5-4-6-8-13/h4-11H,3H2,1-2H3. The van der Waals surface area contributed by atoms with Crippen molar-refractivity contribution in [3.63, 3.8) is 0 Å². The van der Waals surface area contributed by atoms with Crippen LogP contribution in [0.4, 0.5) is 0 Å². The molecule has 4 heteroatoms. The van der Waals surface area contributed by atoms with Crippen LogP contribution in [0.25, 0.3) is 16.8 Å². The maximum atomic E-state index is 11.8. The monoisotopic (exact) mass is 280 g/mol. The first-order valence-electron chi connectivity index (χ1n) is 6.91. The van der Waals surface area contributed by atoms with Crippen LogP contribution >= 0.6 is 0 Å². The highest BCUT2D eigenvalue weighted by atomic mass is 16.5. The average molecular weight is 280 g/mol. The predicted octanol–water partition coefficient (Wildman–Crippen LogP) is 3.49. The zero-order chi connectivity index (χ0) is 14.8. The second-order valence-electron chi connectivity index (χ2n) is 4.87. The quantitative estimate of drug-likeness (QED) is 0.690. The van der Waals surface area contributed by atoms with Gasteiger partial charge in [-0.2, -0.15) is 0 Å². The zero-order valence-corrected chi connectivity index (χ0v) is 12.0. The van der Waals surface area contributed by atoms with Gasteiger partial charge in [0.15, 0.2) is 5.69 Å². The fraction of sp³-hybridized carbons (Fsp3) is 0.176. The number of hydrogen-bond acceptors (Lipinski definition) is 3. The largest absolute Gasteiger partial charge is 0.461 e. The van der Waals surface area contributed by atoms with Gasteiger partial charge >= 0.3 is 5.97 Å². The van der Waals surface area contributed by atoms with Gasteiger partial charge in [0.1, 0.15) is 5.65 Å². The number of carbonyl (C=O) groups is 1. The van der Waals surface area contributed by atoms with Crippen molar-refractivity contribution in [1.29, 1.82) is 0 Å². The van der Waals surface area contributed by atoms with E-state index in [-0.39, 0.29) is 0 Å². The molecule has 3 rings (SSSR count). The first-order valence-corrected chi connectivity index (χ1v) is 6.91. The fourth-order valence-corrected chi connectivity index (χ4v) is 2.37. The Morgan fingerprint density at radius 3 is 2.71 bits per heavy atom. The molecule has 0 spiro atoms. The Kier molecular flexibility index (Phi) is 3.44. The molecule has 0 saturated carbocycles. The molecule has 21 heavy (non-hydrogen) atoms. The first-order chi connectivity index (χ1) is 10.2. The lowest BCUT2D eigenvalue weighted by atomic mass is 10.1. The molecule has 2 aromatic heterocycles. The number of carbonyl (C=O) groups excluding carboxylic acids is 1. The van der Waals surface area contributed by atoms with Crippen molar-refractivity contribution >= 4 is 11.6 Å². The molecule has 106 valence electrons. The minimum Gasteiger partial charge on any atom is -0.461 e. The van der Waals surface area contributed by atoms with Crippen molar-refractivity contribution in [1.82, 2.24) is 9.38 Å². The van der Waals surface area contributed by atoms with E-state index < -0.39 is 5.97 Å². The Balaban J connectivity index is 2.18. The van der Waals surface area contributed by atoms with E-state index in [1.807, 2.05) is 47.9 Å². The molecular formula is C17H16N2O2. The summed E-state index contributed by atoms with van der Waals surface area (Å²) < 4.78 is 6.90. The van der Waals surface area contributed by atoms with Crippen LogP contribution in [-0.2, 0) is 4.74 Å². The van der Waals surface area contributed by atoms with Crippen molar-refractivity contribution in [2.75, 3.05) is 6.61 Å². The Bertz CT molecular complexity index is 791. The molecule has 0 unspecified atom stereocenters. The van der Waals surface area contributed by atoms with E-state index in [4.69, 9.17) is 4.74 Å². The molecule has 0 radical (unpaired) electrons. The Morgan fingerprint density at radius 1 is 1.24 bits per heavy atom. The third-order valence-electron chi connectivity index (χ3n) is 3.26. The molecule has 0 fully saturated rings. The van der Waals surface area contributed by atoms with Crippen molar-refractivity contribution in [3.8, 4) is 11.1 Å². The normalized spacial score (nSPS) is 10.8. The summed E-state index contributed by atoms with van der Waals surface area (Å²) in [6, 6.07) is 12.1. The minimum absolute atomic E-state index is 0.333. The van der Waals surface area contributed by atoms with Gasteiger partial charge in [0.05, 0.1) is 6.61 Å². The van der Waals surface area contributed by atoms with Crippen LogP contribution < -0.4 is 0 Å². The van der Waals surface area contributed by atoms with E-state index in [1.54, 1.807) is 13.1 Å². The van der Waals surface area contributed by atoms with E-state index in [2.05, 4.69) is 11.1 Å². The highest BCUT2D eigenvalue weighted by Crippen LogP contribution is 2.25. The number of ether oxygens (including phenoxy) is 1. The number of aryl methyl sites for hydroxylation is 1. The topological polar surface area (TPSA) is 43.6 Å². The lowest BCUT2D eigenvalue weighted by Crippen LogP contribution is -2.04. The second kappa shape index (κ2) is 5.40. The third-order valence-corrected chi connectivity index (χ3v) is 3.26. The number of esters is 1. The summed E-state index contributed by atoms with van der Waals surface area (Å²) in [5, 5.41) is 0. The molecule has 0 aliphatic rings. The van der Waals surface area contributed by atoms with Gasteiger partial charge in [0.25, 0.3) is 0 Å². The van der Waals surface area contributed by atoms with Crippen LogP contribution in [0, 0.1) is 6.92 Å². The van der Waals surface area contributed by atoms with Gasteiger partial charge in [-0.3, -0.25) is 0 Å². The Labute approximate surface area is 123 Å². The number of nitrogens with zero attached hydrogens (tertiary/aromatic N) is 2. The summed E-state index contributed by atoms with van der Waals surface area (Å²) in [4.78, 5) is 16.3. The predicted molar refractivity (Wildman–Crippen MR) is 81.3 cm³/mol. The van der Waals surface area contributed by atoms with Gasteiger partial charge in [-0.25, -0.2) is 9.78 Å². The highest BCUT2D eigenvalue weighted by Gasteiger charge is 2.14. The van der Waals surface area contributed by atoms with Crippen molar-refractivity contribution in [3.05, 3.63) is 60.0 Å². The lowest BCUT2D eigenvalue weighted by Gasteiger charge is -2.05. The van der Waals surface area contributed by atoms with E-state index in [1.165, 1.54) is 0 Å². The molecule has 0 bridgehead atoms. The summed E-state index contributed by atoms with van der Waals surface area (Å²) in [5.74, 6) is -0.391. The molecule has 2 heterocycles. The minimum atomic E-state index is -0.391. The Morgan fingerprint density at radius 2 is 2.00 bits per heavy atom. The van der Waals surface area contributed by atoms with Gasteiger partial charge in [-0.15, -0.1) is 0 Å². The molecule has 0 N–H and O–H groups in total. The smallest absolute Gasteiger partial charge is 0.358 e. The molecule has 3 aromatic rings. The molecule has 0 saturated heterocycles. The van der Waals surface area contributed by atoms with Crippen LogP contribution in [0.2, 0.25) is 0 Å². The van der Waals surface area contributed by atoms with Crippen molar-refractivity contribution in [2.45, 2.75) is 13.8 Å². The summed E-state index contributed by atoms with van der Waals surface area (Å²) in [6.45, 7) is 4.15. The SMILES string of the molecule is CCOC(=O)c1cn2cc(C)cc(-c3ccccc3)c2n1. The maximum absolute atomic E-state index is 11.8. The third kappa shape index (κ3) is 2.52. The van der Waals surface area contributed by atoms with Crippen LogP contribution in [-0.4, -0.2) is 22.0 Å². The Hall–Kier alpha value is -2.62. The molecule has 4 nitrogen and oxygen atoms in total. The van der Waals surface area contributed by atoms with E-state index in [0.717, 1.165) is 22.3 Å². The molecule has 0 aliphatic carbocycles. The fourth-order valence-electron chi connectivity index (χ4n) is 2.37. The number of aromatic nitrogens is 2. The molecule has 0 amide bonds. The highest BCUT2D eigenvalue weighted by molar-refractivity contribution is 5.89. The second-order valence-corrected chi connectivity index (χ2v) is 4.87. The zero-order valence-electron chi connectivity index (χ0n) is 12.0. The van der Waals surface area contributed by atoms with Crippen LogP contribution in [0.3, 0.4) is 0 Å². The average Bonchev–Trinajstić information content (AvgIpc) is 2.91.